The van der Waals surface area contributed by atoms with Crippen molar-refractivity contribution in [2.24, 2.45) is 5.41 Å². The molecular weight excluding hydrogens is 892 g/mol. The lowest BCUT2D eigenvalue weighted by Crippen LogP contribution is -2.49. The average molecular weight is 966 g/mol. The molecule has 64 heavy (non-hydrogen) atoms. The molecule has 0 saturated carbocycles. The van der Waals surface area contributed by atoms with Gasteiger partial charge in [0.1, 0.15) is 12.5 Å². The van der Waals surface area contributed by atoms with E-state index in [-0.39, 0.29) is 34.8 Å². The third-order valence-corrected chi connectivity index (χ3v) is 20.4. The van der Waals surface area contributed by atoms with Crippen molar-refractivity contribution >= 4 is 46.9 Å². The summed E-state index contributed by atoms with van der Waals surface area (Å²) in [5, 5.41) is 0.902. The number of hydroxylamine groups is 2. The molecule has 4 heterocycles. The molecule has 4 rings (SSSR count). The smallest absolute Gasteiger partial charge is 0.345 e. The number of nitrogens with one attached hydrogen (secondary N) is 3. The zero-order valence-corrected chi connectivity index (χ0v) is 43.8. The van der Waals surface area contributed by atoms with Crippen LogP contribution in [0.15, 0.2) is 31.6 Å². The highest BCUT2D eigenvalue weighted by atomic mass is 35.5. The van der Waals surface area contributed by atoms with Gasteiger partial charge in [0.25, 0.3) is 17.0 Å². The Morgan fingerprint density at radius 3 is 1.39 bits per heavy atom. The number of aromatic nitrogens is 4. The Bertz CT molecular complexity index is 2130. The first-order valence-electron chi connectivity index (χ1n) is 20.8. The topological polar surface area (TPSA) is 260 Å². The van der Waals surface area contributed by atoms with E-state index in [0.717, 1.165) is 5.06 Å². The summed E-state index contributed by atoms with van der Waals surface area (Å²) in [6.45, 7) is 32.9. The Morgan fingerprint density at radius 2 is 1.06 bits per heavy atom. The molecule has 2 aromatic heterocycles. The fourth-order valence-corrected chi connectivity index (χ4v) is 8.21. The first kappa shape index (κ1) is 60.1. The highest BCUT2D eigenvalue weighted by Gasteiger charge is 2.50. The van der Waals surface area contributed by atoms with Crippen LogP contribution in [0, 0.1) is 29.8 Å². The van der Waals surface area contributed by atoms with Gasteiger partial charge in [-0.15, -0.1) is 12.4 Å². The summed E-state index contributed by atoms with van der Waals surface area (Å²) in [4.78, 5) is 103. The van der Waals surface area contributed by atoms with E-state index in [1.165, 1.54) is 35.7 Å². The first-order valence-corrected chi connectivity index (χ1v) is 26.6. The molecule has 2 aliphatic rings. The summed E-state index contributed by atoms with van der Waals surface area (Å²) in [5.74, 6) is -1.91. The van der Waals surface area contributed by atoms with E-state index < -0.39 is 93.4 Å². The van der Waals surface area contributed by atoms with Crippen molar-refractivity contribution in [1.82, 2.24) is 24.2 Å². The van der Waals surface area contributed by atoms with Crippen LogP contribution >= 0.6 is 12.4 Å². The SMILES string of the molecule is CC.CON(C)C(=O)[C@H]1O[C@@H](n2cc(C)c(=O)[nH]c2=O)CC1O[Si](C)(C)C(C)(C)C.Cc1cn(C2CC(O[Si](C)(C)C(C)(C)C)C(C(=O)OC(=O)C(C)(C)C)O2)c(=O)[nH]c1=O.Cl.N=O. The fraction of sp³-hybridized carbons (Fsp3) is 0.732. The number of ether oxygens (including phenoxy) is 3. The molecule has 23 heteroatoms. The summed E-state index contributed by atoms with van der Waals surface area (Å²) >= 11 is 0. The predicted octanol–water partition coefficient (Wildman–Crippen LogP) is 5.96. The van der Waals surface area contributed by atoms with E-state index in [0.29, 0.717) is 17.5 Å². The quantitative estimate of drug-likeness (QED) is 0.0862. The number of carbonyl (C=O) groups excluding carboxylic acids is 3. The Kier molecular flexibility index (Phi) is 22.1. The number of nitroso groups, excluding NO2 is 1. The minimum absolute atomic E-state index is 0. The van der Waals surface area contributed by atoms with Gasteiger partial charge in [0.05, 0.1) is 24.7 Å². The van der Waals surface area contributed by atoms with Gasteiger partial charge in [-0.2, -0.15) is 4.91 Å². The van der Waals surface area contributed by atoms with Gasteiger partial charge in [0.15, 0.2) is 28.8 Å². The number of aromatic amines is 2. The molecule has 4 unspecified atom stereocenters. The van der Waals surface area contributed by atoms with Crippen molar-refractivity contribution in [3.05, 3.63) is 70.1 Å². The van der Waals surface area contributed by atoms with Crippen LogP contribution in [0.25, 0.3) is 0 Å². The summed E-state index contributed by atoms with van der Waals surface area (Å²) in [5.41, 5.74) is 2.19. The fourth-order valence-electron chi connectivity index (χ4n) is 5.55. The summed E-state index contributed by atoms with van der Waals surface area (Å²) in [6, 6.07) is 0. The third kappa shape index (κ3) is 15.1. The Labute approximate surface area is 383 Å². The summed E-state index contributed by atoms with van der Waals surface area (Å²) < 4.78 is 32.3. The number of carbonyl (C=O) groups is 3. The third-order valence-electron chi connectivity index (χ3n) is 11.4. The molecule has 0 bridgehead atoms. The number of likely N-dealkylation sites (N-methyl/N-ethyl adjacent to an activating group) is 1. The van der Waals surface area contributed by atoms with E-state index in [1.807, 2.05) is 26.9 Å². The highest BCUT2D eigenvalue weighted by Crippen LogP contribution is 2.42. The van der Waals surface area contributed by atoms with Gasteiger partial charge < -0.3 is 23.1 Å². The first-order chi connectivity index (χ1) is 28.7. The summed E-state index contributed by atoms with van der Waals surface area (Å²) in [6.07, 6.45) is -1.55. The van der Waals surface area contributed by atoms with Crippen molar-refractivity contribution < 1.29 is 42.3 Å². The van der Waals surface area contributed by atoms with E-state index in [4.69, 9.17) is 32.8 Å². The molecular formula is C41H73ClN6O14Si2. The minimum atomic E-state index is -2.32. The number of halogens is 1. The average Bonchev–Trinajstić information content (AvgIpc) is 3.78. The van der Waals surface area contributed by atoms with Gasteiger partial charge in [0.2, 0.25) is 0 Å². The lowest BCUT2D eigenvalue weighted by atomic mass is 9.97. The van der Waals surface area contributed by atoms with Crippen LogP contribution in [0.3, 0.4) is 0 Å². The van der Waals surface area contributed by atoms with E-state index >= 15 is 0 Å². The summed E-state index contributed by atoms with van der Waals surface area (Å²) in [7, 11) is -1.63. The molecule has 0 radical (unpaired) electrons. The van der Waals surface area contributed by atoms with Crippen LogP contribution in [0.1, 0.15) is 113 Å². The van der Waals surface area contributed by atoms with Crippen LogP contribution in [0.4, 0.5) is 0 Å². The minimum Gasteiger partial charge on any atom is -0.411 e. The molecule has 3 N–H and O–H groups in total. The molecule has 1 amide bonds. The molecule has 6 atom stereocenters. The second-order valence-electron chi connectivity index (χ2n) is 19.3. The zero-order valence-electron chi connectivity index (χ0n) is 41.0. The molecule has 20 nitrogen and oxygen atoms in total. The molecule has 0 aliphatic carbocycles. The van der Waals surface area contributed by atoms with Crippen LogP contribution < -0.4 is 22.5 Å². The largest absolute Gasteiger partial charge is 0.411 e. The molecule has 0 aromatic carbocycles. The number of amides is 1. The van der Waals surface area contributed by atoms with Crippen molar-refractivity contribution in [3.8, 4) is 0 Å². The Hall–Kier alpha value is -3.91. The van der Waals surface area contributed by atoms with Crippen molar-refractivity contribution in [2.75, 3.05) is 14.2 Å². The maximum atomic E-state index is 12.9. The monoisotopic (exact) mass is 964 g/mol. The number of hydrogen-bond donors (Lipinski definition) is 3. The van der Waals surface area contributed by atoms with Crippen molar-refractivity contribution in [1.29, 1.82) is 5.59 Å². The van der Waals surface area contributed by atoms with Crippen molar-refractivity contribution in [3.63, 3.8) is 0 Å². The molecule has 366 valence electrons. The highest BCUT2D eigenvalue weighted by molar-refractivity contribution is 6.74. The number of nitrogens with zero attached hydrogens (tertiary/aromatic N) is 3. The van der Waals surface area contributed by atoms with E-state index in [9.17, 15) is 33.6 Å². The lowest BCUT2D eigenvalue weighted by Gasteiger charge is -2.39. The van der Waals surface area contributed by atoms with Crippen LogP contribution in [0.2, 0.25) is 36.3 Å². The van der Waals surface area contributed by atoms with Gasteiger partial charge >= 0.3 is 23.3 Å². The second kappa shape index (κ2) is 23.5. The standard InChI is InChI=1S/C21H34N2O7Si.C18H31N3O6Si.C2H6.ClH.HNO/c1-12-11-23(19(27)22-16(12)24)14-10-13(30-31(8,9)21(5,6)7)15(28-14)17(25)29-18(26)20(2,3)4;1-11-10-21(17(24)19-15(11)22)13-9-12(27-28(7,8)18(2,3)4)14(26-13)16(23)20(5)25-6;1-2;;1-2/h11,13-15H,10H2,1-9H3,(H,22,24,27);10,12-14H,9H2,1-8H3,(H,19,22,24);1-2H3;1H;1H/t;12?,13-,14+;;;/m.1.../s1. The Balaban J connectivity index is 0.00000114. The lowest BCUT2D eigenvalue weighted by molar-refractivity contribution is -0.184. The van der Waals surface area contributed by atoms with Gasteiger partial charge in [-0.25, -0.2) is 19.4 Å². The number of hydrogen-bond acceptors (Lipinski definition) is 15. The molecule has 2 aliphatic heterocycles. The zero-order chi connectivity index (χ0) is 49.4. The van der Waals surface area contributed by atoms with Crippen LogP contribution in [-0.2, 0) is 42.3 Å². The molecule has 2 fully saturated rings. The van der Waals surface area contributed by atoms with Gasteiger partial charge in [0, 0.05) is 43.4 Å². The van der Waals surface area contributed by atoms with E-state index in [1.54, 1.807) is 34.6 Å². The van der Waals surface area contributed by atoms with Gasteiger partial charge in [-0.1, -0.05) is 61.0 Å². The molecule has 2 saturated heterocycles. The normalized spacial score (nSPS) is 21.1. The van der Waals surface area contributed by atoms with E-state index in [2.05, 4.69) is 70.2 Å². The van der Waals surface area contributed by atoms with Crippen LogP contribution in [0.5, 0.6) is 0 Å². The number of esters is 2. The van der Waals surface area contributed by atoms with Crippen LogP contribution in [-0.4, -0.2) is 97.2 Å². The Morgan fingerprint density at radius 1 is 0.719 bits per heavy atom. The van der Waals surface area contributed by atoms with Gasteiger partial charge in [-0.05, 0) is 70.9 Å². The number of H-pyrrole nitrogens is 2. The number of rotatable bonds is 9. The second-order valence-corrected chi connectivity index (χ2v) is 28.8. The van der Waals surface area contributed by atoms with Gasteiger partial charge in [-0.3, -0.25) is 43.1 Å². The van der Waals surface area contributed by atoms with Crippen molar-refractivity contribution in [2.45, 2.75) is 176 Å². The number of aryl methyl sites for hydroxylation is 2. The molecule has 0 spiro atoms. The molecule has 2 aromatic rings. The predicted molar refractivity (Wildman–Crippen MR) is 248 cm³/mol. The maximum Gasteiger partial charge on any atom is 0.345 e. The maximum absolute atomic E-state index is 12.9.